The first kappa shape index (κ1) is 32.2. The van der Waals surface area contributed by atoms with E-state index in [1.807, 2.05) is 54.6 Å². The van der Waals surface area contributed by atoms with E-state index in [0.717, 1.165) is 77.5 Å². The number of aromatic nitrogens is 5. The van der Waals surface area contributed by atoms with Gasteiger partial charge in [-0.05, 0) is 47.9 Å². The Morgan fingerprint density at radius 1 is 0.545 bits per heavy atom. The van der Waals surface area contributed by atoms with E-state index >= 15 is 0 Å². The molecule has 0 spiro atoms. The normalized spacial score (nSPS) is 13.9. The summed E-state index contributed by atoms with van der Waals surface area (Å²) >= 11 is 0. The maximum absolute atomic E-state index is 9.50. The lowest BCUT2D eigenvalue weighted by Crippen LogP contribution is -2.04. The fourth-order valence-corrected chi connectivity index (χ4v) is 7.63. The van der Waals surface area contributed by atoms with Gasteiger partial charge in [0.15, 0.2) is 17.5 Å². The predicted molar refractivity (Wildman–Crippen MR) is 222 cm³/mol. The first-order valence-corrected chi connectivity index (χ1v) is 18.4. The lowest BCUT2D eigenvalue weighted by atomic mass is 9.97. The predicted octanol–water partition coefficient (Wildman–Crippen LogP) is 11.7. The fraction of sp³-hybridized carbons (Fsp3) is 0.0408. The van der Waals surface area contributed by atoms with Gasteiger partial charge < -0.3 is 4.57 Å². The Bertz CT molecular complexity index is 3010. The summed E-state index contributed by atoms with van der Waals surface area (Å²) in [5.74, 6) is 1.58. The van der Waals surface area contributed by atoms with Crippen LogP contribution in [0, 0.1) is 17.2 Å². The van der Waals surface area contributed by atoms with Gasteiger partial charge in [0.2, 0.25) is 0 Å². The van der Waals surface area contributed by atoms with Crippen LogP contribution in [0.3, 0.4) is 0 Å². The van der Waals surface area contributed by atoms with E-state index in [9.17, 15) is 5.26 Å². The SMILES string of the molecule is N#CC1C=CC(c2nc(-c3ccc(-c4nc5ccccc5c5c4c4ccccc4n5-c4ccccc4)cc3)nc(-c3cccc(-c4ccccc4)c3)n2)=CC1. The molecule has 6 heteroatoms. The minimum atomic E-state index is -0.156. The molecule has 0 N–H and O–H groups in total. The summed E-state index contributed by atoms with van der Waals surface area (Å²) in [5.41, 5.74) is 11.1. The fourth-order valence-electron chi connectivity index (χ4n) is 7.63. The second-order valence-corrected chi connectivity index (χ2v) is 13.7. The number of hydrogen-bond acceptors (Lipinski definition) is 5. The number of rotatable bonds is 6. The van der Waals surface area contributed by atoms with E-state index in [1.54, 1.807) is 0 Å². The maximum Gasteiger partial charge on any atom is 0.164 e. The van der Waals surface area contributed by atoms with Gasteiger partial charge in [0.25, 0.3) is 0 Å². The molecule has 1 unspecified atom stereocenters. The molecule has 6 nitrogen and oxygen atoms in total. The highest BCUT2D eigenvalue weighted by atomic mass is 15.0. The molecule has 258 valence electrons. The number of pyridine rings is 1. The minimum Gasteiger partial charge on any atom is -0.308 e. The average Bonchev–Trinajstić information content (AvgIpc) is 3.62. The lowest BCUT2D eigenvalue weighted by molar-refractivity contribution is 0.838. The quantitative estimate of drug-likeness (QED) is 0.172. The van der Waals surface area contributed by atoms with Crippen molar-refractivity contribution in [1.82, 2.24) is 24.5 Å². The van der Waals surface area contributed by atoms with Crippen molar-refractivity contribution in [3.05, 3.63) is 182 Å². The molecule has 3 aromatic heterocycles. The van der Waals surface area contributed by atoms with Crippen molar-refractivity contribution in [2.24, 2.45) is 5.92 Å². The number of nitriles is 1. The second kappa shape index (κ2) is 13.5. The zero-order chi connectivity index (χ0) is 36.7. The number of fused-ring (bicyclic) bond motifs is 5. The van der Waals surface area contributed by atoms with Gasteiger partial charge in [-0.25, -0.2) is 19.9 Å². The zero-order valence-electron chi connectivity index (χ0n) is 29.7. The second-order valence-electron chi connectivity index (χ2n) is 13.7. The molecule has 0 fully saturated rings. The van der Waals surface area contributed by atoms with Crippen LogP contribution < -0.4 is 0 Å². The Kier molecular flexibility index (Phi) is 7.89. The van der Waals surface area contributed by atoms with Crippen molar-refractivity contribution in [2.45, 2.75) is 6.42 Å². The third-order valence-corrected chi connectivity index (χ3v) is 10.3. The van der Waals surface area contributed by atoms with E-state index in [0.29, 0.717) is 23.9 Å². The summed E-state index contributed by atoms with van der Waals surface area (Å²) in [4.78, 5) is 20.4. The standard InChI is InChI=1S/C49H32N6/c50-31-32-22-24-35(25-23-32)47-52-48(54-49(53-47)38-15-11-14-37(30-38)33-12-3-1-4-13-33)36-28-26-34(27-29-36)45-44-41-19-8-10-21-43(41)55(39-16-5-2-6-17-39)46(44)40-18-7-9-20-42(40)51-45/h1-22,24-30,32H,23H2. The van der Waals surface area contributed by atoms with E-state index < -0.39 is 0 Å². The van der Waals surface area contributed by atoms with Crippen LogP contribution in [0.25, 0.3) is 89.1 Å². The van der Waals surface area contributed by atoms with Crippen molar-refractivity contribution in [2.75, 3.05) is 0 Å². The summed E-state index contributed by atoms with van der Waals surface area (Å²) < 4.78 is 2.36. The molecule has 10 rings (SSSR count). The van der Waals surface area contributed by atoms with E-state index in [2.05, 4.69) is 132 Å². The van der Waals surface area contributed by atoms with Gasteiger partial charge in [0, 0.05) is 44.1 Å². The summed E-state index contributed by atoms with van der Waals surface area (Å²) in [6.07, 6.45) is 6.54. The molecule has 0 amide bonds. The highest BCUT2D eigenvalue weighted by Gasteiger charge is 2.21. The summed E-state index contributed by atoms with van der Waals surface area (Å²) in [5, 5.41) is 12.9. The van der Waals surface area contributed by atoms with Crippen LogP contribution in [-0.4, -0.2) is 24.5 Å². The summed E-state index contributed by atoms with van der Waals surface area (Å²) in [6, 6.07) is 56.9. The molecule has 1 aliphatic carbocycles. The van der Waals surface area contributed by atoms with Crippen LogP contribution in [0.5, 0.6) is 0 Å². The Morgan fingerprint density at radius 2 is 1.18 bits per heavy atom. The van der Waals surface area contributed by atoms with Gasteiger partial charge in [-0.15, -0.1) is 0 Å². The first-order valence-electron chi connectivity index (χ1n) is 18.4. The van der Waals surface area contributed by atoms with Gasteiger partial charge in [-0.1, -0.05) is 146 Å². The van der Waals surface area contributed by atoms with Crippen LogP contribution in [0.15, 0.2) is 176 Å². The van der Waals surface area contributed by atoms with Crippen molar-refractivity contribution in [3.8, 4) is 56.9 Å². The molecular weight excluding hydrogens is 673 g/mol. The van der Waals surface area contributed by atoms with E-state index in [4.69, 9.17) is 19.9 Å². The zero-order valence-corrected chi connectivity index (χ0v) is 29.7. The first-order chi connectivity index (χ1) is 27.2. The Morgan fingerprint density at radius 3 is 1.95 bits per heavy atom. The maximum atomic E-state index is 9.50. The van der Waals surface area contributed by atoms with Crippen molar-refractivity contribution in [3.63, 3.8) is 0 Å². The average molecular weight is 705 g/mol. The van der Waals surface area contributed by atoms with Crippen molar-refractivity contribution in [1.29, 1.82) is 5.26 Å². The Hall–Kier alpha value is -7.49. The number of para-hydroxylation sites is 3. The summed E-state index contributed by atoms with van der Waals surface area (Å²) in [6.45, 7) is 0. The van der Waals surface area contributed by atoms with Gasteiger partial charge in [0.1, 0.15) is 0 Å². The smallest absolute Gasteiger partial charge is 0.164 e. The molecule has 6 aromatic carbocycles. The molecular formula is C49H32N6. The third kappa shape index (κ3) is 5.76. The van der Waals surface area contributed by atoms with Gasteiger partial charge >= 0.3 is 0 Å². The van der Waals surface area contributed by atoms with Crippen LogP contribution in [0.2, 0.25) is 0 Å². The number of hydrogen-bond donors (Lipinski definition) is 0. The molecule has 1 atom stereocenters. The monoisotopic (exact) mass is 704 g/mol. The van der Waals surface area contributed by atoms with E-state index in [1.165, 1.54) is 0 Å². The number of allylic oxidation sites excluding steroid dienone is 4. The molecule has 3 heterocycles. The van der Waals surface area contributed by atoms with Gasteiger partial charge in [-0.3, -0.25) is 0 Å². The largest absolute Gasteiger partial charge is 0.308 e. The minimum absolute atomic E-state index is 0.156. The molecule has 9 aromatic rings. The topological polar surface area (TPSA) is 80.3 Å². The molecule has 0 bridgehead atoms. The highest BCUT2D eigenvalue weighted by Crippen LogP contribution is 2.41. The molecule has 55 heavy (non-hydrogen) atoms. The number of benzene rings is 6. The Balaban J connectivity index is 1.13. The molecule has 0 saturated heterocycles. The number of nitrogens with zero attached hydrogens (tertiary/aromatic N) is 6. The van der Waals surface area contributed by atoms with Gasteiger partial charge in [0.05, 0.1) is 34.2 Å². The molecule has 0 radical (unpaired) electrons. The Labute approximate surface area is 318 Å². The van der Waals surface area contributed by atoms with Crippen LogP contribution >= 0.6 is 0 Å². The van der Waals surface area contributed by atoms with E-state index in [-0.39, 0.29) is 5.92 Å². The summed E-state index contributed by atoms with van der Waals surface area (Å²) in [7, 11) is 0. The van der Waals surface area contributed by atoms with Gasteiger partial charge in [-0.2, -0.15) is 5.26 Å². The van der Waals surface area contributed by atoms with Crippen molar-refractivity contribution < 1.29 is 0 Å². The molecule has 1 aliphatic rings. The third-order valence-electron chi connectivity index (χ3n) is 10.3. The van der Waals surface area contributed by atoms with Crippen LogP contribution in [0.1, 0.15) is 12.2 Å². The highest BCUT2D eigenvalue weighted by molar-refractivity contribution is 6.22. The lowest BCUT2D eigenvalue weighted by Gasteiger charge is -2.13. The molecule has 0 saturated carbocycles. The van der Waals surface area contributed by atoms with Crippen LogP contribution in [0.4, 0.5) is 0 Å². The van der Waals surface area contributed by atoms with Crippen LogP contribution in [-0.2, 0) is 0 Å². The van der Waals surface area contributed by atoms with Crippen molar-refractivity contribution >= 4 is 38.3 Å². The molecule has 0 aliphatic heterocycles.